The van der Waals surface area contributed by atoms with Gasteiger partial charge in [-0.25, -0.2) is 9.18 Å². The average Bonchev–Trinajstić information content (AvgIpc) is 2.95. The first-order valence-corrected chi connectivity index (χ1v) is 13.5. The van der Waals surface area contributed by atoms with E-state index in [0.29, 0.717) is 30.9 Å². The fourth-order valence-corrected chi connectivity index (χ4v) is 4.52. The van der Waals surface area contributed by atoms with Crippen molar-refractivity contribution in [2.24, 2.45) is 0 Å². The molecule has 0 saturated carbocycles. The van der Waals surface area contributed by atoms with E-state index in [2.05, 4.69) is 40.2 Å². The van der Waals surface area contributed by atoms with E-state index < -0.39 is 11.9 Å². The monoisotopic (exact) mass is 552 g/mol. The fraction of sp³-hybridized carbons (Fsp3) is 0.367. The number of urea groups is 1. The molecule has 1 fully saturated rings. The first-order valence-electron chi connectivity index (χ1n) is 13.5. The Morgan fingerprint density at radius 2 is 1.77 bits per heavy atom. The fourth-order valence-electron chi connectivity index (χ4n) is 4.52. The van der Waals surface area contributed by atoms with Crippen molar-refractivity contribution < 1.29 is 29.2 Å². The van der Waals surface area contributed by atoms with Gasteiger partial charge in [0, 0.05) is 55.6 Å². The molecule has 1 aliphatic rings. The number of benzene rings is 3. The van der Waals surface area contributed by atoms with Crippen LogP contribution < -0.4 is 20.7 Å². The van der Waals surface area contributed by atoms with Crippen molar-refractivity contribution in [2.45, 2.75) is 38.0 Å². The van der Waals surface area contributed by atoms with Crippen molar-refractivity contribution in [1.29, 1.82) is 0 Å². The molecular weight excluding hydrogens is 515 g/mol. The molecule has 0 bridgehead atoms. The van der Waals surface area contributed by atoms with Gasteiger partial charge in [0.25, 0.3) is 0 Å². The molecule has 2 amide bonds. The van der Waals surface area contributed by atoms with Crippen LogP contribution in [-0.2, 0) is 13.0 Å². The van der Waals surface area contributed by atoms with Crippen LogP contribution >= 0.6 is 0 Å². The Kier molecular flexibility index (Phi) is 10.4. The molecule has 10 heteroatoms. The SMILES string of the molecule is O=C(NCc1ccc(O)cc1F)N1CCC(Nc2ccc(CCNC[C@H](O)COc3cccc(O)c3)cc2)CC1. The number of phenols is 2. The molecule has 1 heterocycles. The number of likely N-dealkylation sites (tertiary alicyclic amines) is 1. The summed E-state index contributed by atoms with van der Waals surface area (Å²) in [4.78, 5) is 14.2. The molecule has 40 heavy (non-hydrogen) atoms. The summed E-state index contributed by atoms with van der Waals surface area (Å²) in [5, 5.41) is 38.4. The van der Waals surface area contributed by atoms with E-state index in [0.717, 1.165) is 37.6 Å². The lowest BCUT2D eigenvalue weighted by atomic mass is 10.0. The highest BCUT2D eigenvalue weighted by molar-refractivity contribution is 5.74. The van der Waals surface area contributed by atoms with Gasteiger partial charge in [-0.05, 0) is 61.7 Å². The van der Waals surface area contributed by atoms with Gasteiger partial charge >= 0.3 is 6.03 Å². The number of phenolic OH excluding ortho intramolecular Hbond substituents is 2. The molecule has 0 aliphatic carbocycles. The lowest BCUT2D eigenvalue weighted by Crippen LogP contribution is -2.46. The van der Waals surface area contributed by atoms with E-state index in [1.54, 1.807) is 23.1 Å². The maximum Gasteiger partial charge on any atom is 0.317 e. The van der Waals surface area contributed by atoms with Crippen LogP contribution in [0.5, 0.6) is 17.2 Å². The Bertz CT molecular complexity index is 1240. The van der Waals surface area contributed by atoms with Gasteiger partial charge < -0.3 is 40.9 Å². The summed E-state index contributed by atoms with van der Waals surface area (Å²) in [6.07, 6.45) is 1.78. The standard InChI is InChI=1S/C30H37FN4O5/c31-29-17-26(37)9-6-22(29)18-33-30(39)35-14-11-24(12-15-35)34-23-7-4-21(5-8-23)10-13-32-19-27(38)20-40-28-3-1-2-25(36)16-28/h1-9,16-17,24,27,32,34,36-38H,10-15,18-20H2,(H,33,39)/t27-/m0/s1. The quantitative estimate of drug-likeness (QED) is 0.190. The highest BCUT2D eigenvalue weighted by Crippen LogP contribution is 2.19. The van der Waals surface area contributed by atoms with Crippen LogP contribution in [0.1, 0.15) is 24.0 Å². The third-order valence-corrected chi connectivity index (χ3v) is 6.80. The van der Waals surface area contributed by atoms with Gasteiger partial charge in [0.2, 0.25) is 0 Å². The van der Waals surface area contributed by atoms with Gasteiger partial charge in [0.1, 0.15) is 35.8 Å². The molecule has 0 unspecified atom stereocenters. The number of aliphatic hydroxyl groups is 1. The van der Waals surface area contributed by atoms with Gasteiger partial charge in [-0.15, -0.1) is 0 Å². The summed E-state index contributed by atoms with van der Waals surface area (Å²) >= 11 is 0. The van der Waals surface area contributed by atoms with E-state index >= 15 is 0 Å². The molecule has 0 spiro atoms. The van der Waals surface area contributed by atoms with Crippen LogP contribution in [0.4, 0.5) is 14.9 Å². The Balaban J connectivity index is 1.09. The Morgan fingerprint density at radius 1 is 1.02 bits per heavy atom. The third-order valence-electron chi connectivity index (χ3n) is 6.80. The molecular formula is C30H37FN4O5. The maximum atomic E-state index is 13.9. The van der Waals surface area contributed by atoms with E-state index in [1.807, 2.05) is 0 Å². The number of carbonyl (C=O) groups is 1. The lowest BCUT2D eigenvalue weighted by Gasteiger charge is -2.33. The summed E-state index contributed by atoms with van der Waals surface area (Å²) in [5.41, 5.74) is 2.54. The van der Waals surface area contributed by atoms with Crippen molar-refractivity contribution in [1.82, 2.24) is 15.5 Å². The number of nitrogens with zero attached hydrogens (tertiary/aromatic N) is 1. The van der Waals surface area contributed by atoms with E-state index in [1.165, 1.54) is 23.8 Å². The smallest absolute Gasteiger partial charge is 0.317 e. The van der Waals surface area contributed by atoms with Crippen molar-refractivity contribution >= 4 is 11.7 Å². The number of rotatable bonds is 12. The average molecular weight is 553 g/mol. The first kappa shape index (κ1) is 29.0. The van der Waals surface area contributed by atoms with Crippen LogP contribution in [0.3, 0.4) is 0 Å². The molecule has 4 rings (SSSR count). The van der Waals surface area contributed by atoms with Gasteiger partial charge in [-0.1, -0.05) is 24.3 Å². The van der Waals surface area contributed by atoms with Crippen molar-refractivity contribution in [3.63, 3.8) is 0 Å². The number of aromatic hydroxyl groups is 2. The summed E-state index contributed by atoms with van der Waals surface area (Å²) in [5.74, 6) is -0.0457. The molecule has 0 radical (unpaired) electrons. The number of piperidine rings is 1. The number of amides is 2. The molecule has 1 atom stereocenters. The summed E-state index contributed by atoms with van der Waals surface area (Å²) < 4.78 is 19.4. The third kappa shape index (κ3) is 9.03. The van der Waals surface area contributed by atoms with E-state index in [-0.39, 0.29) is 36.7 Å². The minimum absolute atomic E-state index is 0.0698. The molecule has 1 aliphatic heterocycles. The number of ether oxygens (including phenoxy) is 1. The first-order chi connectivity index (χ1) is 19.4. The van der Waals surface area contributed by atoms with Crippen LogP contribution in [-0.4, -0.2) is 71.2 Å². The van der Waals surface area contributed by atoms with Gasteiger partial charge in [0.15, 0.2) is 0 Å². The molecule has 3 aromatic rings. The highest BCUT2D eigenvalue weighted by Gasteiger charge is 2.22. The predicted octanol–water partition coefficient (Wildman–Crippen LogP) is 3.60. The zero-order valence-electron chi connectivity index (χ0n) is 22.4. The number of hydrogen-bond acceptors (Lipinski definition) is 7. The Labute approximate surface area is 233 Å². The lowest BCUT2D eigenvalue weighted by molar-refractivity contribution is 0.106. The second-order valence-corrected chi connectivity index (χ2v) is 9.95. The zero-order valence-corrected chi connectivity index (χ0v) is 22.4. The molecule has 3 aromatic carbocycles. The number of aliphatic hydroxyl groups excluding tert-OH is 1. The van der Waals surface area contributed by atoms with E-state index in [9.17, 15) is 24.5 Å². The Morgan fingerprint density at radius 3 is 2.50 bits per heavy atom. The van der Waals surface area contributed by atoms with Crippen molar-refractivity contribution in [2.75, 3.05) is 38.1 Å². The van der Waals surface area contributed by atoms with Crippen LogP contribution in [0.25, 0.3) is 0 Å². The number of anilines is 1. The summed E-state index contributed by atoms with van der Waals surface area (Å²) in [7, 11) is 0. The number of carbonyl (C=O) groups excluding carboxylic acids is 1. The minimum atomic E-state index is -0.659. The van der Waals surface area contributed by atoms with Crippen LogP contribution in [0, 0.1) is 5.82 Å². The maximum absolute atomic E-state index is 13.9. The van der Waals surface area contributed by atoms with Crippen molar-refractivity contribution in [3.05, 3.63) is 83.7 Å². The Hall–Kier alpha value is -4.02. The van der Waals surface area contributed by atoms with Gasteiger partial charge in [-0.2, -0.15) is 0 Å². The van der Waals surface area contributed by atoms with Gasteiger partial charge in [-0.3, -0.25) is 0 Å². The number of halogens is 1. The van der Waals surface area contributed by atoms with E-state index in [4.69, 9.17) is 4.74 Å². The van der Waals surface area contributed by atoms with Gasteiger partial charge in [0.05, 0.1) is 0 Å². The molecule has 0 aromatic heterocycles. The molecule has 1 saturated heterocycles. The topological polar surface area (TPSA) is 126 Å². The largest absolute Gasteiger partial charge is 0.508 e. The molecule has 9 nitrogen and oxygen atoms in total. The van der Waals surface area contributed by atoms with Crippen molar-refractivity contribution in [3.8, 4) is 17.2 Å². The molecule has 214 valence electrons. The second-order valence-electron chi connectivity index (χ2n) is 9.95. The highest BCUT2D eigenvalue weighted by atomic mass is 19.1. The minimum Gasteiger partial charge on any atom is -0.508 e. The molecule has 6 N–H and O–H groups in total. The second kappa shape index (κ2) is 14.4. The normalized spacial score (nSPS) is 14.5. The predicted molar refractivity (Wildman–Crippen MR) is 151 cm³/mol. The number of hydrogen-bond donors (Lipinski definition) is 6. The summed E-state index contributed by atoms with van der Waals surface area (Å²) in [6, 6.07) is 18.7. The number of nitrogens with one attached hydrogen (secondary N) is 3. The summed E-state index contributed by atoms with van der Waals surface area (Å²) in [6.45, 7) is 2.55. The van der Waals surface area contributed by atoms with Crippen LogP contribution in [0.15, 0.2) is 66.7 Å². The zero-order chi connectivity index (χ0) is 28.3. The van der Waals surface area contributed by atoms with Crippen LogP contribution in [0.2, 0.25) is 0 Å².